The maximum absolute atomic E-state index is 13.4. The van der Waals surface area contributed by atoms with E-state index in [4.69, 9.17) is 0 Å². The van der Waals surface area contributed by atoms with Gasteiger partial charge in [0.2, 0.25) is 0 Å². The van der Waals surface area contributed by atoms with Crippen molar-refractivity contribution in [2.75, 3.05) is 26.2 Å². The molecule has 1 atom stereocenters. The Morgan fingerprint density at radius 1 is 1.16 bits per heavy atom. The number of hydrogen-bond acceptors (Lipinski definition) is 3. The van der Waals surface area contributed by atoms with E-state index in [1.54, 1.807) is 17.0 Å². The molecule has 0 spiro atoms. The van der Waals surface area contributed by atoms with Gasteiger partial charge in [-0.15, -0.1) is 0 Å². The first-order valence-electron chi connectivity index (χ1n) is 5.91. The fourth-order valence-electron chi connectivity index (χ4n) is 2.23. The first-order valence-corrected chi connectivity index (χ1v) is 7.50. The smallest absolute Gasteiger partial charge is 0.258 e. The van der Waals surface area contributed by atoms with Crippen LogP contribution in [0.1, 0.15) is 11.6 Å². The standard InChI is InChI=1S/C12H14Br2F2N2O/c13-8-5-7(6-9(14)11(8)19)10(12(15)16)18-3-1-17-2-4-18/h5-6,10,12,17,19H,1-4H2/t10-/m1/s1. The molecule has 0 bridgehead atoms. The molecule has 1 aromatic rings. The molecule has 3 nitrogen and oxygen atoms in total. The van der Waals surface area contributed by atoms with Crippen molar-refractivity contribution in [2.45, 2.75) is 12.5 Å². The van der Waals surface area contributed by atoms with Gasteiger partial charge in [-0.2, -0.15) is 0 Å². The third kappa shape index (κ3) is 3.45. The molecular weight excluding hydrogens is 386 g/mol. The fraction of sp³-hybridized carbons (Fsp3) is 0.500. The fourth-order valence-corrected chi connectivity index (χ4v) is 3.45. The Kier molecular flexibility index (Phi) is 5.16. The normalized spacial score (nSPS) is 18.8. The van der Waals surface area contributed by atoms with Crippen LogP contribution in [-0.2, 0) is 0 Å². The molecule has 1 aromatic carbocycles. The van der Waals surface area contributed by atoms with Gasteiger partial charge in [-0.25, -0.2) is 8.78 Å². The molecule has 19 heavy (non-hydrogen) atoms. The molecule has 2 rings (SSSR count). The number of aromatic hydroxyl groups is 1. The van der Waals surface area contributed by atoms with Crippen molar-refractivity contribution >= 4 is 31.9 Å². The summed E-state index contributed by atoms with van der Waals surface area (Å²) >= 11 is 6.37. The van der Waals surface area contributed by atoms with Crippen LogP contribution < -0.4 is 5.32 Å². The lowest BCUT2D eigenvalue weighted by Crippen LogP contribution is -2.46. The van der Waals surface area contributed by atoms with Gasteiger partial charge < -0.3 is 10.4 Å². The number of phenols is 1. The number of nitrogens with zero attached hydrogens (tertiary/aromatic N) is 1. The first kappa shape index (κ1) is 15.2. The summed E-state index contributed by atoms with van der Waals surface area (Å²) in [7, 11) is 0. The number of halogens is 4. The van der Waals surface area contributed by atoms with Crippen molar-refractivity contribution in [2.24, 2.45) is 0 Å². The monoisotopic (exact) mass is 398 g/mol. The molecule has 0 aliphatic carbocycles. The zero-order valence-electron chi connectivity index (χ0n) is 10.0. The summed E-state index contributed by atoms with van der Waals surface area (Å²) in [4.78, 5) is 1.77. The minimum atomic E-state index is -2.47. The van der Waals surface area contributed by atoms with Crippen molar-refractivity contribution < 1.29 is 13.9 Å². The van der Waals surface area contributed by atoms with Gasteiger partial charge >= 0.3 is 0 Å². The summed E-state index contributed by atoms with van der Waals surface area (Å²) < 4.78 is 27.6. The highest BCUT2D eigenvalue weighted by molar-refractivity contribution is 9.11. The lowest BCUT2D eigenvalue weighted by molar-refractivity contribution is 0.0181. The Labute approximate surface area is 127 Å². The van der Waals surface area contributed by atoms with E-state index in [1.807, 2.05) is 0 Å². The van der Waals surface area contributed by atoms with Crippen LogP contribution in [0.5, 0.6) is 5.75 Å². The summed E-state index contributed by atoms with van der Waals surface area (Å²) in [5.41, 5.74) is 0.494. The second-order valence-electron chi connectivity index (χ2n) is 4.40. The molecule has 1 fully saturated rings. The Morgan fingerprint density at radius 2 is 1.68 bits per heavy atom. The predicted molar refractivity (Wildman–Crippen MR) is 76.7 cm³/mol. The van der Waals surface area contributed by atoms with Gasteiger partial charge in [-0.05, 0) is 49.6 Å². The third-order valence-electron chi connectivity index (χ3n) is 3.16. The molecule has 7 heteroatoms. The van der Waals surface area contributed by atoms with Crippen LogP contribution in [0.4, 0.5) is 8.78 Å². The SMILES string of the molecule is Oc1c(Br)cc([C@H](C(F)F)N2CCNCC2)cc1Br. The molecule has 0 saturated carbocycles. The number of hydrogen-bond donors (Lipinski definition) is 2. The molecule has 0 aromatic heterocycles. The van der Waals surface area contributed by atoms with Gasteiger partial charge in [0.1, 0.15) is 5.75 Å². The molecule has 1 aliphatic heterocycles. The highest BCUT2D eigenvalue weighted by Crippen LogP contribution is 2.38. The Bertz CT molecular complexity index is 430. The molecule has 0 unspecified atom stereocenters. The summed E-state index contributed by atoms with van der Waals surface area (Å²) in [5.74, 6) is 0.0251. The second-order valence-corrected chi connectivity index (χ2v) is 6.11. The van der Waals surface area contributed by atoms with E-state index in [0.29, 0.717) is 40.7 Å². The number of rotatable bonds is 3. The highest BCUT2D eigenvalue weighted by atomic mass is 79.9. The highest BCUT2D eigenvalue weighted by Gasteiger charge is 2.30. The van der Waals surface area contributed by atoms with Gasteiger partial charge in [0.05, 0.1) is 15.0 Å². The van der Waals surface area contributed by atoms with Crippen LogP contribution in [0.2, 0.25) is 0 Å². The van der Waals surface area contributed by atoms with Crippen LogP contribution in [0, 0.1) is 0 Å². The van der Waals surface area contributed by atoms with Gasteiger partial charge in [-0.3, -0.25) is 4.90 Å². The Morgan fingerprint density at radius 3 is 2.16 bits per heavy atom. The molecule has 2 N–H and O–H groups in total. The lowest BCUT2D eigenvalue weighted by Gasteiger charge is -2.34. The van der Waals surface area contributed by atoms with E-state index >= 15 is 0 Å². The van der Waals surface area contributed by atoms with Crippen LogP contribution in [-0.4, -0.2) is 42.6 Å². The van der Waals surface area contributed by atoms with E-state index in [1.165, 1.54) is 0 Å². The number of benzene rings is 1. The van der Waals surface area contributed by atoms with Crippen LogP contribution in [0.25, 0.3) is 0 Å². The molecule has 1 heterocycles. The number of alkyl halides is 2. The molecule has 106 valence electrons. The van der Waals surface area contributed by atoms with Crippen molar-refractivity contribution in [3.05, 3.63) is 26.6 Å². The number of piperazine rings is 1. The maximum atomic E-state index is 13.4. The van der Waals surface area contributed by atoms with Crippen molar-refractivity contribution in [1.29, 1.82) is 0 Å². The van der Waals surface area contributed by atoms with Gasteiger partial charge in [0, 0.05) is 26.2 Å². The zero-order chi connectivity index (χ0) is 14.0. The Balaban J connectivity index is 2.33. The van der Waals surface area contributed by atoms with Crippen LogP contribution in [0.3, 0.4) is 0 Å². The quantitative estimate of drug-likeness (QED) is 0.819. The van der Waals surface area contributed by atoms with Crippen LogP contribution >= 0.6 is 31.9 Å². The third-order valence-corrected chi connectivity index (χ3v) is 4.37. The minimum Gasteiger partial charge on any atom is -0.506 e. The van der Waals surface area contributed by atoms with Crippen molar-refractivity contribution in [3.8, 4) is 5.75 Å². The summed E-state index contributed by atoms with van der Waals surface area (Å²) in [6.45, 7) is 2.60. The van der Waals surface area contributed by atoms with Gasteiger partial charge in [0.15, 0.2) is 0 Å². The van der Waals surface area contributed by atoms with E-state index < -0.39 is 12.5 Å². The molecule has 1 saturated heterocycles. The van der Waals surface area contributed by atoms with E-state index in [-0.39, 0.29) is 5.75 Å². The summed E-state index contributed by atoms with van der Waals surface area (Å²) in [6, 6.07) is 2.16. The van der Waals surface area contributed by atoms with E-state index in [9.17, 15) is 13.9 Å². The Hall–Kier alpha value is -0.240. The first-order chi connectivity index (χ1) is 9.00. The minimum absolute atomic E-state index is 0.0251. The van der Waals surface area contributed by atoms with Gasteiger partial charge in [-0.1, -0.05) is 0 Å². The molecule has 0 radical (unpaired) electrons. The molecular formula is C12H14Br2F2N2O. The average molecular weight is 400 g/mol. The predicted octanol–water partition coefficient (Wildman–Crippen LogP) is 3.13. The summed E-state index contributed by atoms with van der Waals surface area (Å²) in [6.07, 6.45) is -2.47. The molecule has 0 amide bonds. The van der Waals surface area contributed by atoms with E-state index in [2.05, 4.69) is 37.2 Å². The zero-order valence-corrected chi connectivity index (χ0v) is 13.2. The average Bonchev–Trinajstić information content (AvgIpc) is 2.37. The van der Waals surface area contributed by atoms with Gasteiger partial charge in [0.25, 0.3) is 6.43 Å². The van der Waals surface area contributed by atoms with E-state index in [0.717, 1.165) is 0 Å². The number of phenolic OH excluding ortho intramolecular Hbond substituents is 1. The maximum Gasteiger partial charge on any atom is 0.258 e. The van der Waals surface area contributed by atoms with Crippen molar-refractivity contribution in [1.82, 2.24) is 10.2 Å². The van der Waals surface area contributed by atoms with Crippen LogP contribution in [0.15, 0.2) is 21.1 Å². The number of nitrogens with one attached hydrogen (secondary N) is 1. The topological polar surface area (TPSA) is 35.5 Å². The second kappa shape index (κ2) is 6.47. The molecule has 1 aliphatic rings. The lowest BCUT2D eigenvalue weighted by atomic mass is 10.0. The largest absolute Gasteiger partial charge is 0.506 e. The van der Waals surface area contributed by atoms with Crippen molar-refractivity contribution in [3.63, 3.8) is 0 Å². The summed E-state index contributed by atoms with van der Waals surface area (Å²) in [5, 5.41) is 12.8.